The lowest BCUT2D eigenvalue weighted by molar-refractivity contribution is 0.610. The largest absolute Gasteiger partial charge is 0.377 e. The zero-order valence-electron chi connectivity index (χ0n) is 22.4. The maximum absolute atomic E-state index is 10.1. The summed E-state index contributed by atoms with van der Waals surface area (Å²) in [5, 5.41) is 28.3. The molecule has 202 valence electrons. The van der Waals surface area contributed by atoms with Crippen molar-refractivity contribution in [3.63, 3.8) is 0 Å². The highest BCUT2D eigenvalue weighted by Crippen LogP contribution is 2.50. The number of nitriles is 1. The molecule has 10 heteroatoms. The van der Waals surface area contributed by atoms with Crippen LogP contribution in [0.1, 0.15) is 54.1 Å². The standard InChI is InChI=1S/C31H26BCl2N7/c32-31(24-8-4-5-9-25(24)33,27-18-41(40-39-27)22-10-11-22)37-21-14-23-28(19(16-35)17-36-29(23)26(34)15-21)38-30(12-13-30)20-6-2-1-3-7-20/h1-9,14-15,17-18,22,37H,10-13,32H2,(H,36,38). The molecular weight excluding hydrogens is 552 g/mol. The Morgan fingerprint density at radius 2 is 1.78 bits per heavy atom. The fourth-order valence-corrected chi connectivity index (χ4v) is 6.20. The van der Waals surface area contributed by atoms with Gasteiger partial charge < -0.3 is 10.6 Å². The molecule has 0 bridgehead atoms. The molecule has 0 saturated heterocycles. The van der Waals surface area contributed by atoms with Gasteiger partial charge in [0.05, 0.1) is 45.0 Å². The molecule has 2 heterocycles. The van der Waals surface area contributed by atoms with Gasteiger partial charge in [0, 0.05) is 22.3 Å². The molecular formula is C31H26BCl2N7. The molecule has 1 atom stereocenters. The molecule has 7 nitrogen and oxygen atoms in total. The van der Waals surface area contributed by atoms with Gasteiger partial charge in [-0.05, 0) is 55.0 Å². The quantitative estimate of drug-likeness (QED) is 0.208. The minimum atomic E-state index is -0.821. The van der Waals surface area contributed by atoms with E-state index in [0.29, 0.717) is 27.2 Å². The first kappa shape index (κ1) is 25.9. The number of pyridine rings is 1. The summed E-state index contributed by atoms with van der Waals surface area (Å²) in [6.07, 6.45) is 7.74. The van der Waals surface area contributed by atoms with Crippen LogP contribution in [0, 0.1) is 11.3 Å². The molecule has 2 aliphatic rings. The van der Waals surface area contributed by atoms with Crippen LogP contribution in [0.3, 0.4) is 0 Å². The van der Waals surface area contributed by atoms with Crippen molar-refractivity contribution in [3.05, 3.63) is 112 Å². The second-order valence-corrected chi connectivity index (χ2v) is 11.9. The van der Waals surface area contributed by atoms with E-state index in [4.69, 9.17) is 23.2 Å². The third-order valence-electron chi connectivity index (χ3n) is 8.24. The Balaban J connectivity index is 1.35. The number of hydrogen-bond acceptors (Lipinski definition) is 6. The van der Waals surface area contributed by atoms with E-state index < -0.39 is 5.44 Å². The first-order chi connectivity index (χ1) is 19.9. The fourth-order valence-electron chi connectivity index (χ4n) is 5.61. The van der Waals surface area contributed by atoms with Gasteiger partial charge in [-0.3, -0.25) is 4.98 Å². The predicted molar refractivity (Wildman–Crippen MR) is 165 cm³/mol. The lowest BCUT2D eigenvalue weighted by Gasteiger charge is -2.32. The third-order valence-corrected chi connectivity index (χ3v) is 8.85. The van der Waals surface area contributed by atoms with Gasteiger partial charge >= 0.3 is 0 Å². The summed E-state index contributed by atoms with van der Waals surface area (Å²) in [6, 6.07) is 24.7. The van der Waals surface area contributed by atoms with Crippen LogP contribution < -0.4 is 10.6 Å². The molecule has 1 unspecified atom stereocenters. The Morgan fingerprint density at radius 3 is 2.49 bits per heavy atom. The van der Waals surface area contributed by atoms with Crippen molar-refractivity contribution in [1.82, 2.24) is 20.0 Å². The summed E-state index contributed by atoms with van der Waals surface area (Å²) >= 11 is 13.6. The molecule has 2 aromatic heterocycles. The average molecular weight is 578 g/mol. The Morgan fingerprint density at radius 1 is 1.02 bits per heavy atom. The predicted octanol–water partition coefficient (Wildman–Crippen LogP) is 6.39. The van der Waals surface area contributed by atoms with Crippen molar-refractivity contribution in [2.75, 3.05) is 10.6 Å². The van der Waals surface area contributed by atoms with E-state index >= 15 is 0 Å². The average Bonchev–Trinajstić information content (AvgIpc) is 3.92. The Hall–Kier alpha value is -4.06. The van der Waals surface area contributed by atoms with Crippen molar-refractivity contribution in [2.45, 2.75) is 42.7 Å². The van der Waals surface area contributed by atoms with E-state index in [1.54, 1.807) is 6.20 Å². The van der Waals surface area contributed by atoms with Gasteiger partial charge in [0.15, 0.2) is 0 Å². The van der Waals surface area contributed by atoms with Crippen molar-refractivity contribution in [3.8, 4) is 6.07 Å². The molecule has 0 amide bonds. The number of hydrogen-bond donors (Lipinski definition) is 2. The van der Waals surface area contributed by atoms with Gasteiger partial charge in [-0.2, -0.15) is 5.26 Å². The smallest absolute Gasteiger partial charge is 0.148 e. The summed E-state index contributed by atoms with van der Waals surface area (Å²) in [6.45, 7) is 0. The zero-order valence-corrected chi connectivity index (χ0v) is 23.9. The monoisotopic (exact) mass is 577 g/mol. The second kappa shape index (κ2) is 9.79. The highest BCUT2D eigenvalue weighted by Gasteiger charge is 2.45. The van der Waals surface area contributed by atoms with Crippen LogP contribution in [-0.4, -0.2) is 27.8 Å². The molecule has 2 N–H and O–H groups in total. The van der Waals surface area contributed by atoms with E-state index in [2.05, 4.69) is 44.1 Å². The molecule has 5 aromatic rings. The molecule has 2 saturated carbocycles. The number of fused-ring (bicyclic) bond motifs is 1. The molecule has 3 aromatic carbocycles. The minimum Gasteiger partial charge on any atom is -0.377 e. The van der Waals surface area contributed by atoms with Crippen LogP contribution in [0.25, 0.3) is 10.9 Å². The number of rotatable bonds is 8. The summed E-state index contributed by atoms with van der Waals surface area (Å²) in [7, 11) is 2.05. The fraction of sp³-hybridized carbons (Fsp3) is 0.226. The van der Waals surface area contributed by atoms with Crippen molar-refractivity contribution >= 4 is 53.3 Å². The molecule has 7 rings (SSSR count). The van der Waals surface area contributed by atoms with Crippen LogP contribution in [0.5, 0.6) is 0 Å². The van der Waals surface area contributed by atoms with Crippen molar-refractivity contribution in [1.29, 1.82) is 5.26 Å². The topological polar surface area (TPSA) is 91.5 Å². The second-order valence-electron chi connectivity index (χ2n) is 11.1. The number of anilines is 2. The van der Waals surface area contributed by atoms with E-state index in [1.165, 1.54) is 5.56 Å². The zero-order chi connectivity index (χ0) is 28.2. The number of nitrogens with zero attached hydrogens (tertiary/aromatic N) is 5. The van der Waals surface area contributed by atoms with Crippen molar-refractivity contribution in [2.24, 2.45) is 0 Å². The number of aromatic nitrogens is 4. The molecule has 2 fully saturated rings. The van der Waals surface area contributed by atoms with Crippen LogP contribution in [0.4, 0.5) is 11.4 Å². The SMILES string of the molecule is BC(Nc1cc(Cl)c2ncc(C#N)c(NC3(c4ccccc4)CC3)c2c1)(c1cn(C2CC2)nn1)c1ccccc1Cl. The van der Waals surface area contributed by atoms with E-state index in [1.807, 2.05) is 73.3 Å². The maximum atomic E-state index is 10.1. The minimum absolute atomic E-state index is 0.232. The Bertz CT molecular complexity index is 1830. The van der Waals surface area contributed by atoms with Gasteiger partial charge in [0.1, 0.15) is 19.6 Å². The van der Waals surface area contributed by atoms with Crippen LogP contribution in [0.2, 0.25) is 10.0 Å². The van der Waals surface area contributed by atoms with Crippen molar-refractivity contribution < 1.29 is 0 Å². The first-order valence-corrected chi connectivity index (χ1v) is 14.5. The Kier molecular flexibility index (Phi) is 6.18. The van der Waals surface area contributed by atoms with Gasteiger partial charge in [-0.1, -0.05) is 76.9 Å². The van der Waals surface area contributed by atoms with Crippen LogP contribution in [-0.2, 0) is 11.0 Å². The molecule has 0 radical (unpaired) electrons. The molecule has 41 heavy (non-hydrogen) atoms. The number of halogens is 2. The summed E-state index contributed by atoms with van der Waals surface area (Å²) in [4.78, 5) is 4.56. The van der Waals surface area contributed by atoms with Crippen LogP contribution in [0.15, 0.2) is 79.1 Å². The summed E-state index contributed by atoms with van der Waals surface area (Å²) < 4.78 is 1.93. The van der Waals surface area contributed by atoms with E-state index in [-0.39, 0.29) is 5.54 Å². The first-order valence-electron chi connectivity index (χ1n) is 13.7. The Labute approximate surface area is 248 Å². The van der Waals surface area contributed by atoms with Gasteiger partial charge in [-0.25, -0.2) is 4.68 Å². The number of benzene rings is 3. The molecule has 0 aliphatic heterocycles. The number of nitrogens with one attached hydrogen (secondary N) is 2. The lowest BCUT2D eigenvalue weighted by atomic mass is 9.69. The molecule has 0 spiro atoms. The maximum Gasteiger partial charge on any atom is 0.148 e. The normalized spacial score (nSPS) is 17.0. The highest BCUT2D eigenvalue weighted by atomic mass is 35.5. The van der Waals surface area contributed by atoms with E-state index in [9.17, 15) is 5.26 Å². The van der Waals surface area contributed by atoms with Gasteiger partial charge in [-0.15, -0.1) is 5.10 Å². The van der Waals surface area contributed by atoms with Gasteiger partial charge in [0.25, 0.3) is 0 Å². The summed E-state index contributed by atoms with van der Waals surface area (Å²) in [5.41, 5.74) is 4.32. The molecule has 2 aliphatic carbocycles. The lowest BCUT2D eigenvalue weighted by Crippen LogP contribution is -2.38. The van der Waals surface area contributed by atoms with Crippen LogP contribution >= 0.6 is 23.2 Å². The van der Waals surface area contributed by atoms with E-state index in [0.717, 1.165) is 53.7 Å². The summed E-state index contributed by atoms with van der Waals surface area (Å²) in [5.74, 6) is 0. The van der Waals surface area contributed by atoms with Gasteiger partial charge in [0.2, 0.25) is 0 Å². The highest BCUT2D eigenvalue weighted by molar-refractivity contribution is 6.36. The third kappa shape index (κ3) is 4.59.